The third kappa shape index (κ3) is 9.51. The number of allylic oxidation sites excluding steroid dienone is 1. The average Bonchev–Trinajstić information content (AvgIpc) is 4.14. The summed E-state index contributed by atoms with van der Waals surface area (Å²) in [7, 11) is 0. The van der Waals surface area contributed by atoms with E-state index in [1.165, 1.54) is 17.7 Å². The van der Waals surface area contributed by atoms with Crippen molar-refractivity contribution in [3.63, 3.8) is 0 Å². The Kier molecular flexibility index (Phi) is 14.1. The Morgan fingerprint density at radius 2 is 1.71 bits per heavy atom. The molecular weight excluding hydrogens is 788 g/mol. The number of carbonyl (C=O) groups is 1. The van der Waals surface area contributed by atoms with E-state index >= 15 is 0 Å². The van der Waals surface area contributed by atoms with E-state index in [1.807, 2.05) is 29.2 Å². The quantitative estimate of drug-likeness (QED) is 0.0696. The Balaban J connectivity index is 1.33. The molecule has 0 spiro atoms. The molecule has 3 fully saturated rings. The molecule has 3 aromatic carbocycles. The van der Waals surface area contributed by atoms with Gasteiger partial charge in [0.15, 0.2) is 0 Å². The number of carbonyl (C=O) groups excluding carboxylic acids is 1. The lowest BCUT2D eigenvalue weighted by molar-refractivity contribution is -0.258. The second kappa shape index (κ2) is 19.9. The normalized spacial score (nSPS) is 27.0. The molecule has 0 aromatic heterocycles. The Bertz CT molecular complexity index is 2100. The predicted octanol–water partition coefficient (Wildman–Crippen LogP) is 9.83. The van der Waals surface area contributed by atoms with Crippen LogP contribution in [0.4, 0.5) is 4.39 Å². The van der Waals surface area contributed by atoms with Gasteiger partial charge in [-0.1, -0.05) is 48.3 Å². The van der Waals surface area contributed by atoms with E-state index < -0.39 is 24.0 Å². The zero-order valence-electron chi connectivity index (χ0n) is 36.3. The van der Waals surface area contributed by atoms with Crippen LogP contribution in [0.3, 0.4) is 0 Å². The fourth-order valence-electron chi connectivity index (χ4n) is 10.2. The van der Waals surface area contributed by atoms with Crippen LogP contribution < -0.4 is 9.47 Å². The number of halogens is 1. The van der Waals surface area contributed by atoms with Crippen molar-refractivity contribution in [2.75, 3.05) is 26.4 Å². The molecule has 2 saturated carbocycles. The van der Waals surface area contributed by atoms with Gasteiger partial charge < -0.3 is 38.9 Å². The SMILES string of the molecule is C=CCO[C@@]12Oc3ccc(Oc4ccc(C)c(C)c4)cc3[C@H]3[C@H](CCCCO)[C@@H](CCCCO)C=C(C(=NOC4CCCCO4)C[C@@H]1N(Cc1ccc(F)cc1)C(=O)C1CC1)[C@H]32. The van der Waals surface area contributed by atoms with Crippen molar-refractivity contribution in [3.05, 3.63) is 113 Å². The number of hydrogen-bond acceptors (Lipinski definition) is 9. The Morgan fingerprint density at radius 1 is 0.952 bits per heavy atom. The molecule has 1 saturated heterocycles. The molecule has 2 heterocycles. The molecule has 7 atom stereocenters. The summed E-state index contributed by atoms with van der Waals surface area (Å²) in [5.74, 6) is -0.321. The van der Waals surface area contributed by atoms with Crippen LogP contribution in [-0.2, 0) is 25.7 Å². The van der Waals surface area contributed by atoms with Crippen molar-refractivity contribution in [3.8, 4) is 17.2 Å². The minimum atomic E-state index is -1.40. The molecule has 8 rings (SSSR count). The number of oxime groups is 1. The van der Waals surface area contributed by atoms with Crippen LogP contribution in [0.1, 0.15) is 105 Å². The third-order valence-electron chi connectivity index (χ3n) is 13.6. The maximum Gasteiger partial charge on any atom is 0.239 e. The van der Waals surface area contributed by atoms with Crippen LogP contribution in [0.5, 0.6) is 17.2 Å². The van der Waals surface area contributed by atoms with Gasteiger partial charge in [0.25, 0.3) is 0 Å². The zero-order valence-corrected chi connectivity index (χ0v) is 36.3. The molecule has 62 heavy (non-hydrogen) atoms. The molecule has 11 heteroatoms. The summed E-state index contributed by atoms with van der Waals surface area (Å²) in [5, 5.41) is 24.9. The summed E-state index contributed by atoms with van der Waals surface area (Å²) in [4.78, 5) is 23.0. The van der Waals surface area contributed by atoms with Gasteiger partial charge in [-0.25, -0.2) is 4.39 Å². The molecule has 5 aliphatic rings. The van der Waals surface area contributed by atoms with Crippen LogP contribution in [0.15, 0.2) is 90.1 Å². The highest BCUT2D eigenvalue weighted by molar-refractivity contribution is 6.03. The average molecular weight is 851 g/mol. The van der Waals surface area contributed by atoms with Crippen LogP contribution in [0, 0.1) is 43.3 Å². The number of aliphatic hydroxyl groups is 2. The highest BCUT2D eigenvalue weighted by Gasteiger charge is 2.66. The molecular formula is C51H63FN2O8. The van der Waals surface area contributed by atoms with Gasteiger partial charge in [0.05, 0.1) is 24.8 Å². The number of aryl methyl sites for hydroxylation is 2. The lowest BCUT2D eigenvalue weighted by atomic mass is 9.55. The Hall–Kier alpha value is -4.55. The van der Waals surface area contributed by atoms with E-state index in [9.17, 15) is 19.4 Å². The smallest absolute Gasteiger partial charge is 0.239 e. The summed E-state index contributed by atoms with van der Waals surface area (Å²) >= 11 is 0. The lowest BCUT2D eigenvalue weighted by Crippen LogP contribution is -2.70. The van der Waals surface area contributed by atoms with Crippen molar-refractivity contribution >= 4 is 11.6 Å². The molecule has 2 aliphatic heterocycles. The van der Waals surface area contributed by atoms with Crippen LogP contribution in [-0.4, -0.2) is 71.3 Å². The maximum absolute atomic E-state index is 14.8. The van der Waals surface area contributed by atoms with Gasteiger partial charge in [0, 0.05) is 50.0 Å². The lowest BCUT2D eigenvalue weighted by Gasteiger charge is -2.60. The number of nitrogens with zero attached hydrogens (tertiary/aromatic N) is 2. The number of amides is 1. The summed E-state index contributed by atoms with van der Waals surface area (Å²) in [6.07, 6.45) is 12.8. The maximum atomic E-state index is 14.8. The van der Waals surface area contributed by atoms with Crippen LogP contribution >= 0.6 is 0 Å². The Labute approximate surface area is 365 Å². The topological polar surface area (TPSA) is 119 Å². The van der Waals surface area contributed by atoms with Gasteiger partial charge in [-0.15, -0.1) is 6.58 Å². The first kappa shape index (κ1) is 44.1. The molecule has 3 aromatic rings. The minimum Gasteiger partial charge on any atom is -0.459 e. The third-order valence-corrected chi connectivity index (χ3v) is 13.6. The summed E-state index contributed by atoms with van der Waals surface area (Å²) in [5.41, 5.74) is 5.78. The van der Waals surface area contributed by atoms with E-state index in [2.05, 4.69) is 38.6 Å². The number of aliphatic hydroxyl groups excluding tert-OH is 2. The summed E-state index contributed by atoms with van der Waals surface area (Å²) in [6.45, 7) is 9.41. The van der Waals surface area contributed by atoms with Crippen molar-refractivity contribution < 1.29 is 43.2 Å². The molecule has 0 radical (unpaired) electrons. The second-order valence-electron chi connectivity index (χ2n) is 17.9. The summed E-state index contributed by atoms with van der Waals surface area (Å²) < 4.78 is 41.5. The first-order chi connectivity index (χ1) is 30.2. The Morgan fingerprint density at radius 3 is 2.42 bits per heavy atom. The molecule has 1 unspecified atom stereocenters. The predicted molar refractivity (Wildman–Crippen MR) is 235 cm³/mol. The van der Waals surface area contributed by atoms with Crippen molar-refractivity contribution in [1.82, 2.24) is 4.90 Å². The van der Waals surface area contributed by atoms with Gasteiger partial charge in [0.2, 0.25) is 18.0 Å². The van der Waals surface area contributed by atoms with Crippen LogP contribution in [0.25, 0.3) is 0 Å². The van der Waals surface area contributed by atoms with Crippen molar-refractivity contribution in [1.29, 1.82) is 0 Å². The van der Waals surface area contributed by atoms with Gasteiger partial charge in [0.1, 0.15) is 29.1 Å². The van der Waals surface area contributed by atoms with Crippen molar-refractivity contribution in [2.45, 2.75) is 121 Å². The molecule has 332 valence electrons. The highest BCUT2D eigenvalue weighted by atomic mass is 19.1. The van der Waals surface area contributed by atoms with E-state index in [0.29, 0.717) is 30.9 Å². The second-order valence-corrected chi connectivity index (χ2v) is 17.9. The van der Waals surface area contributed by atoms with Gasteiger partial charge in [-0.2, -0.15) is 0 Å². The van der Waals surface area contributed by atoms with E-state index in [4.69, 9.17) is 28.9 Å². The van der Waals surface area contributed by atoms with Crippen LogP contribution in [0.2, 0.25) is 0 Å². The fourth-order valence-corrected chi connectivity index (χ4v) is 10.2. The summed E-state index contributed by atoms with van der Waals surface area (Å²) in [6, 6.07) is 17.8. The molecule has 0 bridgehead atoms. The van der Waals surface area contributed by atoms with E-state index in [-0.39, 0.29) is 68.2 Å². The molecule has 1 amide bonds. The van der Waals surface area contributed by atoms with Gasteiger partial charge in [-0.05, 0) is 142 Å². The first-order valence-corrected chi connectivity index (χ1v) is 22.9. The van der Waals surface area contributed by atoms with Gasteiger partial charge >= 0.3 is 0 Å². The number of fused-ring (bicyclic) bond motifs is 2. The van der Waals surface area contributed by atoms with Gasteiger partial charge in [-0.3, -0.25) is 4.79 Å². The number of rotatable bonds is 19. The number of unbranched alkanes of at least 4 members (excludes halogenated alkanes) is 2. The van der Waals surface area contributed by atoms with E-state index in [1.54, 1.807) is 18.2 Å². The largest absolute Gasteiger partial charge is 0.459 e. The molecule has 3 aliphatic carbocycles. The zero-order chi connectivity index (χ0) is 43.2. The minimum absolute atomic E-state index is 0.00415. The standard InChI is InChI=1S/C51H63FN2O8/c1-4-26-59-51-46(54(50(57)36-17-18-36)32-35-15-19-38(52)20-16-35)31-44(53-62-47-13-7-10-27-58-47)42-29-37(11-5-8-24-55)41(12-6-9-25-56)48(49(42)51)43-30-40(22-23-45(43)61-51)60-39-21-14-33(2)34(3)28-39/h4,14-16,19-23,28-30,36-37,41,46-49,55-56H,1,5-13,17-18,24-27,31-32H2,2-3H3/t37-,41+,46-,47?,48+,49+,51+/m0/s1. The number of benzene rings is 3. The fraction of sp³-hybridized carbons (Fsp3) is 0.529. The monoisotopic (exact) mass is 850 g/mol. The highest BCUT2D eigenvalue weighted by Crippen LogP contribution is 2.62. The number of ether oxygens (including phenoxy) is 4. The molecule has 10 nitrogen and oxygen atoms in total. The number of hydrogen-bond donors (Lipinski definition) is 2. The first-order valence-electron chi connectivity index (χ1n) is 22.9. The molecule has 2 N–H and O–H groups in total. The van der Waals surface area contributed by atoms with E-state index in [0.717, 1.165) is 91.5 Å². The van der Waals surface area contributed by atoms with Crippen molar-refractivity contribution in [2.24, 2.45) is 28.8 Å².